The minimum absolute atomic E-state index is 0.807. The lowest BCUT2D eigenvalue weighted by Crippen LogP contribution is -1.60. The van der Waals surface area contributed by atoms with Gasteiger partial charge in [-0.25, -0.2) is 0 Å². The maximum atomic E-state index is 8.60. The molecule has 0 spiro atoms. The second kappa shape index (κ2) is 2.08. The predicted molar refractivity (Wildman–Crippen MR) is 44.4 cm³/mol. The van der Waals surface area contributed by atoms with Crippen LogP contribution in [0.3, 0.4) is 0 Å². The number of fused-ring (bicyclic) bond motifs is 1. The number of hydrogen-bond acceptors (Lipinski definition) is 3. The molecule has 10 heavy (non-hydrogen) atoms. The summed E-state index contributed by atoms with van der Waals surface area (Å²) < 4.78 is 1.25. The van der Waals surface area contributed by atoms with E-state index in [-0.39, 0.29) is 0 Å². The van der Waals surface area contributed by atoms with Crippen molar-refractivity contribution in [3.63, 3.8) is 0 Å². The molecule has 0 aliphatic carbocycles. The maximum absolute atomic E-state index is 8.60. The fraction of sp³-hybridized carbons (Fsp3) is 0. The number of nitriles is 1. The molecule has 0 amide bonds. The van der Waals surface area contributed by atoms with E-state index in [1.54, 1.807) is 22.7 Å². The molecule has 0 bridgehead atoms. The monoisotopic (exact) mass is 165 g/mol. The van der Waals surface area contributed by atoms with Crippen LogP contribution in [0.1, 0.15) is 5.56 Å². The van der Waals surface area contributed by atoms with Crippen LogP contribution in [0.15, 0.2) is 16.8 Å². The maximum Gasteiger partial charge on any atom is 0.101 e. The van der Waals surface area contributed by atoms with Gasteiger partial charge in [0.05, 0.1) is 9.58 Å². The molecule has 2 aromatic heterocycles. The van der Waals surface area contributed by atoms with Gasteiger partial charge in [-0.3, -0.25) is 0 Å². The number of thiophene rings is 2. The number of rotatable bonds is 0. The molecule has 0 aliphatic rings. The Labute approximate surface area is 66.2 Å². The molecule has 0 aromatic carbocycles. The van der Waals surface area contributed by atoms with Gasteiger partial charge in [-0.15, -0.1) is 22.7 Å². The Morgan fingerprint density at radius 2 is 2.30 bits per heavy atom. The van der Waals surface area contributed by atoms with E-state index in [1.165, 1.54) is 4.01 Å². The van der Waals surface area contributed by atoms with Gasteiger partial charge in [0, 0.05) is 10.8 Å². The van der Waals surface area contributed by atoms with Crippen molar-refractivity contribution in [3.05, 3.63) is 22.4 Å². The molecule has 2 aromatic rings. The van der Waals surface area contributed by atoms with Crippen molar-refractivity contribution in [2.75, 3.05) is 0 Å². The molecule has 48 valence electrons. The third-order valence-electron chi connectivity index (χ3n) is 1.32. The summed E-state index contributed by atoms with van der Waals surface area (Å²) in [6, 6.07) is 4.15. The molecule has 0 radical (unpaired) electrons. The highest BCUT2D eigenvalue weighted by Gasteiger charge is 2.01. The molecule has 0 fully saturated rings. The molecule has 1 nitrogen and oxygen atoms in total. The minimum atomic E-state index is 0.807. The number of hydrogen-bond donors (Lipinski definition) is 0. The fourth-order valence-electron chi connectivity index (χ4n) is 0.849. The van der Waals surface area contributed by atoms with Gasteiger partial charge in [-0.1, -0.05) is 0 Å². The third kappa shape index (κ3) is 0.666. The van der Waals surface area contributed by atoms with Crippen LogP contribution in [0.5, 0.6) is 0 Å². The van der Waals surface area contributed by atoms with Crippen molar-refractivity contribution in [1.29, 1.82) is 5.26 Å². The van der Waals surface area contributed by atoms with E-state index in [0.29, 0.717) is 0 Å². The zero-order valence-electron chi connectivity index (χ0n) is 5.00. The van der Waals surface area contributed by atoms with Gasteiger partial charge in [0.25, 0.3) is 0 Å². The quantitative estimate of drug-likeness (QED) is 0.589. The van der Waals surface area contributed by atoms with Gasteiger partial charge >= 0.3 is 0 Å². The van der Waals surface area contributed by atoms with Crippen LogP contribution in [0.2, 0.25) is 0 Å². The standard InChI is InChI=1S/C7H3NS2/c8-3-5-4-10-7-6(5)1-2-9-7/h1-2,4H. The SMILES string of the molecule is N#Cc1csc2sccc12. The van der Waals surface area contributed by atoms with Gasteiger partial charge in [0.1, 0.15) is 6.07 Å². The zero-order chi connectivity index (χ0) is 6.97. The van der Waals surface area contributed by atoms with E-state index in [9.17, 15) is 0 Å². The van der Waals surface area contributed by atoms with Gasteiger partial charge in [-0.05, 0) is 11.4 Å². The summed E-state index contributed by atoms with van der Waals surface area (Å²) in [5, 5.41) is 13.6. The molecule has 0 atom stereocenters. The Morgan fingerprint density at radius 3 is 3.10 bits per heavy atom. The lowest BCUT2D eigenvalue weighted by molar-refractivity contribution is 1.52. The van der Waals surface area contributed by atoms with E-state index >= 15 is 0 Å². The summed E-state index contributed by atoms with van der Waals surface area (Å²) in [5.41, 5.74) is 0.807. The Morgan fingerprint density at radius 1 is 1.40 bits per heavy atom. The van der Waals surface area contributed by atoms with Crippen molar-refractivity contribution < 1.29 is 0 Å². The van der Waals surface area contributed by atoms with Crippen molar-refractivity contribution in [2.45, 2.75) is 0 Å². The molecule has 2 heterocycles. The molecule has 2 rings (SSSR count). The Bertz CT molecular complexity index is 391. The van der Waals surface area contributed by atoms with Crippen molar-refractivity contribution in [2.24, 2.45) is 0 Å². The molecule has 0 saturated heterocycles. The summed E-state index contributed by atoms with van der Waals surface area (Å²) >= 11 is 3.33. The van der Waals surface area contributed by atoms with Crippen molar-refractivity contribution in [3.8, 4) is 6.07 Å². The van der Waals surface area contributed by atoms with E-state index in [0.717, 1.165) is 10.9 Å². The molecule has 0 N–H and O–H groups in total. The third-order valence-corrected chi connectivity index (χ3v) is 3.40. The highest BCUT2D eigenvalue weighted by molar-refractivity contribution is 7.36. The first-order valence-corrected chi connectivity index (χ1v) is 4.52. The number of nitrogens with zero attached hydrogens (tertiary/aromatic N) is 1. The van der Waals surface area contributed by atoms with Crippen LogP contribution in [-0.4, -0.2) is 0 Å². The van der Waals surface area contributed by atoms with Gasteiger partial charge in [-0.2, -0.15) is 5.26 Å². The normalized spacial score (nSPS) is 9.90. The second-order valence-electron chi connectivity index (χ2n) is 1.88. The van der Waals surface area contributed by atoms with E-state index < -0.39 is 0 Å². The zero-order valence-corrected chi connectivity index (χ0v) is 6.63. The minimum Gasteiger partial charge on any atom is -0.192 e. The van der Waals surface area contributed by atoms with Crippen LogP contribution >= 0.6 is 22.7 Å². The first kappa shape index (κ1) is 5.90. The molecule has 0 saturated carbocycles. The molecule has 3 heteroatoms. The topological polar surface area (TPSA) is 23.8 Å². The lowest BCUT2D eigenvalue weighted by Gasteiger charge is -1.72. The first-order chi connectivity index (χ1) is 4.92. The van der Waals surface area contributed by atoms with Crippen LogP contribution in [0.4, 0.5) is 0 Å². The summed E-state index contributed by atoms with van der Waals surface area (Å²) in [4.78, 5) is 0. The summed E-state index contributed by atoms with van der Waals surface area (Å²) in [7, 11) is 0. The van der Waals surface area contributed by atoms with Gasteiger partial charge in [0.2, 0.25) is 0 Å². The summed E-state index contributed by atoms with van der Waals surface area (Å²) in [6.45, 7) is 0. The predicted octanol–water partition coefficient (Wildman–Crippen LogP) is 2.83. The lowest BCUT2D eigenvalue weighted by atomic mass is 10.3. The average molecular weight is 165 g/mol. The van der Waals surface area contributed by atoms with Crippen LogP contribution in [-0.2, 0) is 0 Å². The van der Waals surface area contributed by atoms with E-state index in [4.69, 9.17) is 5.26 Å². The van der Waals surface area contributed by atoms with Gasteiger partial charge < -0.3 is 0 Å². The average Bonchev–Trinajstić information content (AvgIpc) is 2.44. The second-order valence-corrected chi connectivity index (χ2v) is 3.94. The largest absolute Gasteiger partial charge is 0.192 e. The Hall–Kier alpha value is -0.850. The van der Waals surface area contributed by atoms with Crippen molar-refractivity contribution >= 4 is 32.1 Å². The highest BCUT2D eigenvalue weighted by Crippen LogP contribution is 2.29. The highest BCUT2D eigenvalue weighted by atomic mass is 32.2. The summed E-state index contributed by atoms with van der Waals surface area (Å²) in [5.74, 6) is 0. The van der Waals surface area contributed by atoms with E-state index in [2.05, 4.69) is 6.07 Å². The first-order valence-electron chi connectivity index (χ1n) is 2.76. The summed E-state index contributed by atoms with van der Waals surface area (Å²) in [6.07, 6.45) is 0. The molecular formula is C7H3NS2. The molecule has 0 unspecified atom stereocenters. The van der Waals surface area contributed by atoms with Crippen LogP contribution < -0.4 is 0 Å². The molecule has 0 aliphatic heterocycles. The Balaban J connectivity index is 2.92. The fourth-order valence-corrected chi connectivity index (χ4v) is 2.72. The smallest absolute Gasteiger partial charge is 0.101 e. The van der Waals surface area contributed by atoms with Crippen molar-refractivity contribution in [1.82, 2.24) is 0 Å². The van der Waals surface area contributed by atoms with Gasteiger partial charge in [0.15, 0.2) is 0 Å². The Kier molecular flexibility index (Phi) is 1.23. The molecular weight excluding hydrogens is 162 g/mol. The van der Waals surface area contributed by atoms with Crippen LogP contribution in [0, 0.1) is 11.3 Å². The van der Waals surface area contributed by atoms with E-state index in [1.807, 2.05) is 16.8 Å². The van der Waals surface area contributed by atoms with Crippen LogP contribution in [0.25, 0.3) is 9.40 Å².